The Morgan fingerprint density at radius 2 is 1.85 bits per heavy atom. The minimum Gasteiger partial charge on any atom is -0.349 e. The van der Waals surface area contributed by atoms with Crippen LogP contribution < -0.4 is 10.2 Å². The summed E-state index contributed by atoms with van der Waals surface area (Å²) >= 11 is 1.47. The molecule has 1 fully saturated rings. The second-order valence-electron chi connectivity index (χ2n) is 6.48. The molecule has 0 bridgehead atoms. The number of piperazine rings is 1. The first-order valence-electron chi connectivity index (χ1n) is 8.78. The number of anilines is 2. The van der Waals surface area contributed by atoms with Gasteiger partial charge in [0.25, 0.3) is 0 Å². The van der Waals surface area contributed by atoms with E-state index in [4.69, 9.17) is 0 Å². The fraction of sp³-hybridized carbons (Fsp3) is 0.316. The van der Waals surface area contributed by atoms with Crippen LogP contribution in [-0.4, -0.2) is 52.5 Å². The van der Waals surface area contributed by atoms with Gasteiger partial charge in [0, 0.05) is 56.6 Å². The Morgan fingerprint density at radius 1 is 1.04 bits per heavy atom. The number of aromatic nitrogens is 3. The van der Waals surface area contributed by atoms with Crippen molar-refractivity contribution in [2.45, 2.75) is 6.54 Å². The van der Waals surface area contributed by atoms with Crippen molar-refractivity contribution in [3.8, 4) is 11.1 Å². The molecule has 0 aliphatic carbocycles. The molecule has 1 aromatic carbocycles. The summed E-state index contributed by atoms with van der Waals surface area (Å²) in [7, 11) is 2.16. The van der Waals surface area contributed by atoms with E-state index < -0.39 is 0 Å². The Kier molecular flexibility index (Phi) is 5.08. The predicted molar refractivity (Wildman–Crippen MR) is 107 cm³/mol. The molecule has 0 radical (unpaired) electrons. The van der Waals surface area contributed by atoms with Crippen molar-refractivity contribution < 1.29 is 0 Å². The minimum absolute atomic E-state index is 0.706. The molecule has 0 unspecified atom stereocenters. The quantitative estimate of drug-likeness (QED) is 0.749. The van der Waals surface area contributed by atoms with Crippen LogP contribution in [0.4, 0.5) is 11.1 Å². The van der Waals surface area contributed by atoms with Crippen molar-refractivity contribution in [1.29, 1.82) is 0 Å². The van der Waals surface area contributed by atoms with Gasteiger partial charge in [-0.1, -0.05) is 18.2 Å². The number of pyridine rings is 1. The molecule has 1 aliphatic rings. The molecular weight excluding hydrogens is 344 g/mol. The summed E-state index contributed by atoms with van der Waals surface area (Å²) < 4.78 is 4.46. The molecule has 134 valence electrons. The van der Waals surface area contributed by atoms with Crippen molar-refractivity contribution >= 4 is 22.6 Å². The van der Waals surface area contributed by atoms with E-state index in [1.54, 1.807) is 0 Å². The van der Waals surface area contributed by atoms with E-state index in [0.29, 0.717) is 12.5 Å². The number of likely N-dealkylation sites (N-methyl/N-ethyl adjacent to an activating group) is 1. The zero-order valence-corrected chi connectivity index (χ0v) is 15.6. The third kappa shape index (κ3) is 4.00. The number of hydrogen-bond acceptors (Lipinski definition) is 7. The van der Waals surface area contributed by atoms with Gasteiger partial charge in [-0.25, -0.2) is 0 Å². The number of rotatable bonds is 5. The lowest BCUT2D eigenvalue weighted by atomic mass is 10.0. The number of hydrogen-bond donors (Lipinski definition) is 1. The average molecular weight is 366 g/mol. The summed E-state index contributed by atoms with van der Waals surface area (Å²) in [5, 5.41) is 4.35. The van der Waals surface area contributed by atoms with Gasteiger partial charge in [-0.2, -0.15) is 9.36 Å². The molecule has 4 rings (SSSR count). The first-order chi connectivity index (χ1) is 12.8. The molecule has 0 amide bonds. The molecular formula is C19H22N6S. The second kappa shape index (κ2) is 7.80. The molecule has 0 atom stereocenters. The third-order valence-corrected chi connectivity index (χ3v) is 5.36. The van der Waals surface area contributed by atoms with Crippen LogP contribution in [0, 0.1) is 0 Å². The van der Waals surface area contributed by atoms with E-state index in [9.17, 15) is 0 Å². The first-order valence-corrected chi connectivity index (χ1v) is 9.56. The largest absolute Gasteiger partial charge is 0.349 e. The van der Waals surface area contributed by atoms with Gasteiger partial charge in [0.15, 0.2) is 0 Å². The van der Waals surface area contributed by atoms with Gasteiger partial charge in [0.2, 0.25) is 11.1 Å². The van der Waals surface area contributed by atoms with Gasteiger partial charge in [-0.05, 0) is 41.9 Å². The smallest absolute Gasteiger partial charge is 0.236 e. The fourth-order valence-corrected chi connectivity index (χ4v) is 3.70. The van der Waals surface area contributed by atoms with Crippen molar-refractivity contribution in [3.05, 3.63) is 54.4 Å². The third-order valence-electron chi connectivity index (χ3n) is 4.58. The maximum atomic E-state index is 4.65. The maximum absolute atomic E-state index is 4.65. The van der Waals surface area contributed by atoms with Crippen molar-refractivity contribution in [3.63, 3.8) is 0 Å². The molecule has 0 spiro atoms. The van der Waals surface area contributed by atoms with Crippen LogP contribution in [0.3, 0.4) is 0 Å². The summed E-state index contributed by atoms with van der Waals surface area (Å²) in [5.74, 6) is 0.707. The standard InChI is InChI=1S/C19H22N6S/c1-24-9-11-25(12-10-24)19-22-18(23-26-19)21-14-15-3-2-4-17(13-15)16-5-7-20-8-6-16/h2-8,13H,9-12,14H2,1H3,(H,21,23). The van der Waals surface area contributed by atoms with E-state index in [2.05, 4.69) is 60.8 Å². The Hall–Kier alpha value is -2.51. The molecule has 1 saturated heterocycles. The lowest BCUT2D eigenvalue weighted by molar-refractivity contribution is 0.313. The molecule has 26 heavy (non-hydrogen) atoms. The van der Waals surface area contributed by atoms with E-state index in [1.165, 1.54) is 28.2 Å². The van der Waals surface area contributed by atoms with Crippen LogP contribution in [0.15, 0.2) is 48.8 Å². The van der Waals surface area contributed by atoms with Gasteiger partial charge in [0.1, 0.15) is 0 Å². The van der Waals surface area contributed by atoms with E-state index in [-0.39, 0.29) is 0 Å². The van der Waals surface area contributed by atoms with Gasteiger partial charge >= 0.3 is 0 Å². The van der Waals surface area contributed by atoms with Crippen LogP contribution in [-0.2, 0) is 6.54 Å². The SMILES string of the molecule is CN1CCN(c2nc(NCc3cccc(-c4ccncc4)c3)ns2)CC1. The Balaban J connectivity index is 1.39. The van der Waals surface area contributed by atoms with Crippen LogP contribution in [0.1, 0.15) is 5.56 Å². The summed E-state index contributed by atoms with van der Waals surface area (Å²) in [6.45, 7) is 4.88. The molecule has 1 aliphatic heterocycles. The van der Waals surface area contributed by atoms with Crippen LogP contribution in [0.5, 0.6) is 0 Å². The lowest BCUT2D eigenvalue weighted by Crippen LogP contribution is -2.44. The van der Waals surface area contributed by atoms with Crippen molar-refractivity contribution in [1.82, 2.24) is 19.2 Å². The summed E-state index contributed by atoms with van der Waals surface area (Å²) in [6, 6.07) is 12.6. The van der Waals surface area contributed by atoms with Crippen LogP contribution in [0.2, 0.25) is 0 Å². The van der Waals surface area contributed by atoms with Gasteiger partial charge in [-0.15, -0.1) is 0 Å². The highest BCUT2D eigenvalue weighted by Gasteiger charge is 2.17. The fourth-order valence-electron chi connectivity index (χ4n) is 3.00. The van der Waals surface area contributed by atoms with E-state index in [0.717, 1.165) is 31.3 Å². The maximum Gasteiger partial charge on any atom is 0.236 e. The topological polar surface area (TPSA) is 57.2 Å². The number of nitrogens with one attached hydrogen (secondary N) is 1. The van der Waals surface area contributed by atoms with Gasteiger partial charge < -0.3 is 15.1 Å². The highest BCUT2D eigenvalue weighted by atomic mass is 32.1. The highest BCUT2D eigenvalue weighted by molar-refractivity contribution is 7.09. The molecule has 3 heterocycles. The van der Waals surface area contributed by atoms with E-state index in [1.807, 2.05) is 24.5 Å². The van der Waals surface area contributed by atoms with Crippen LogP contribution in [0.25, 0.3) is 11.1 Å². The van der Waals surface area contributed by atoms with Gasteiger partial charge in [-0.3, -0.25) is 4.98 Å². The summed E-state index contributed by atoms with van der Waals surface area (Å²) in [5.41, 5.74) is 3.57. The summed E-state index contributed by atoms with van der Waals surface area (Å²) in [6.07, 6.45) is 3.64. The normalized spacial score (nSPS) is 15.2. The second-order valence-corrected chi connectivity index (χ2v) is 7.21. The zero-order valence-electron chi connectivity index (χ0n) is 14.8. The zero-order chi connectivity index (χ0) is 17.8. The van der Waals surface area contributed by atoms with Crippen molar-refractivity contribution in [2.24, 2.45) is 0 Å². The Bertz CT molecular complexity index is 842. The molecule has 2 aromatic heterocycles. The number of benzene rings is 1. The molecule has 6 nitrogen and oxygen atoms in total. The van der Waals surface area contributed by atoms with Crippen LogP contribution >= 0.6 is 11.5 Å². The highest BCUT2D eigenvalue weighted by Crippen LogP contribution is 2.22. The predicted octanol–water partition coefficient (Wildman–Crippen LogP) is 2.96. The van der Waals surface area contributed by atoms with E-state index >= 15 is 0 Å². The average Bonchev–Trinajstić information content (AvgIpc) is 3.17. The molecule has 0 saturated carbocycles. The Morgan fingerprint density at radius 3 is 2.65 bits per heavy atom. The molecule has 1 N–H and O–H groups in total. The van der Waals surface area contributed by atoms with Gasteiger partial charge in [0.05, 0.1) is 0 Å². The Labute approximate surface area is 157 Å². The minimum atomic E-state index is 0.706. The molecule has 7 heteroatoms. The first kappa shape index (κ1) is 16.9. The monoisotopic (exact) mass is 366 g/mol. The molecule has 3 aromatic rings. The number of nitrogens with zero attached hydrogens (tertiary/aromatic N) is 5. The summed E-state index contributed by atoms with van der Waals surface area (Å²) in [4.78, 5) is 13.4. The lowest BCUT2D eigenvalue weighted by Gasteiger charge is -2.31. The van der Waals surface area contributed by atoms with Crippen molar-refractivity contribution in [2.75, 3.05) is 43.4 Å².